The lowest BCUT2D eigenvalue weighted by atomic mass is 10.0. The molecule has 1 unspecified atom stereocenters. The van der Waals surface area contributed by atoms with Crippen LogP contribution in [0.3, 0.4) is 0 Å². The Kier molecular flexibility index (Phi) is 5.55. The molecule has 0 saturated carbocycles. The molecule has 102 valence electrons. The van der Waals surface area contributed by atoms with Gasteiger partial charge in [-0.15, -0.1) is 0 Å². The molecule has 0 amide bonds. The van der Waals surface area contributed by atoms with E-state index in [0.717, 1.165) is 0 Å². The van der Waals surface area contributed by atoms with Crippen LogP contribution in [-0.2, 0) is 6.42 Å². The van der Waals surface area contributed by atoms with Crippen molar-refractivity contribution in [3.8, 4) is 0 Å². The van der Waals surface area contributed by atoms with Crippen molar-refractivity contribution in [3.05, 3.63) is 34.1 Å². The number of benzene rings is 1. The summed E-state index contributed by atoms with van der Waals surface area (Å²) in [7, 11) is 0. The van der Waals surface area contributed by atoms with Crippen molar-refractivity contribution in [1.82, 2.24) is 5.43 Å². The Morgan fingerprint density at radius 1 is 1.33 bits per heavy atom. The van der Waals surface area contributed by atoms with Crippen LogP contribution in [-0.4, -0.2) is 12.2 Å². The number of hydrogen-bond acceptors (Lipinski definition) is 2. The minimum Gasteiger partial charge on any atom is -0.271 e. The average molecular weight is 329 g/mol. The zero-order chi connectivity index (χ0) is 13.8. The lowest BCUT2D eigenvalue weighted by Gasteiger charge is -2.17. The molecule has 1 rings (SSSR count). The number of halogens is 5. The molecule has 0 spiro atoms. The second-order valence-electron chi connectivity index (χ2n) is 3.97. The number of alkyl halides is 3. The van der Waals surface area contributed by atoms with Crippen LogP contribution in [0.15, 0.2) is 22.7 Å². The largest absolute Gasteiger partial charge is 0.389 e. The van der Waals surface area contributed by atoms with E-state index in [1.54, 1.807) is 0 Å². The van der Waals surface area contributed by atoms with Crippen molar-refractivity contribution < 1.29 is 17.6 Å². The lowest BCUT2D eigenvalue weighted by Crippen LogP contribution is -2.37. The van der Waals surface area contributed by atoms with Gasteiger partial charge in [0.2, 0.25) is 0 Å². The van der Waals surface area contributed by atoms with Crippen molar-refractivity contribution in [2.24, 2.45) is 5.84 Å². The van der Waals surface area contributed by atoms with Gasteiger partial charge in [0.25, 0.3) is 0 Å². The van der Waals surface area contributed by atoms with Gasteiger partial charge in [-0.05, 0) is 46.5 Å². The Balaban J connectivity index is 2.59. The number of nitrogens with one attached hydrogen (secondary N) is 1. The van der Waals surface area contributed by atoms with Crippen LogP contribution in [0.4, 0.5) is 17.6 Å². The highest BCUT2D eigenvalue weighted by molar-refractivity contribution is 9.10. The highest BCUT2D eigenvalue weighted by Crippen LogP contribution is 2.24. The fourth-order valence-corrected chi connectivity index (χ4v) is 1.96. The Morgan fingerprint density at radius 2 is 2.00 bits per heavy atom. The van der Waals surface area contributed by atoms with Gasteiger partial charge < -0.3 is 0 Å². The molecule has 1 aromatic carbocycles. The van der Waals surface area contributed by atoms with E-state index < -0.39 is 24.5 Å². The van der Waals surface area contributed by atoms with Crippen LogP contribution >= 0.6 is 15.9 Å². The number of nitrogens with two attached hydrogens (primary N) is 1. The highest BCUT2D eigenvalue weighted by atomic mass is 79.9. The maximum atomic E-state index is 13.0. The molecule has 0 aliphatic heterocycles. The first-order chi connectivity index (χ1) is 8.31. The summed E-state index contributed by atoms with van der Waals surface area (Å²) in [6.45, 7) is 0. The maximum absolute atomic E-state index is 13.0. The van der Waals surface area contributed by atoms with Crippen molar-refractivity contribution >= 4 is 15.9 Å². The van der Waals surface area contributed by atoms with Crippen LogP contribution < -0.4 is 11.3 Å². The minimum atomic E-state index is -4.20. The molecule has 18 heavy (non-hydrogen) atoms. The predicted molar refractivity (Wildman–Crippen MR) is 64.2 cm³/mol. The molecule has 1 aromatic rings. The van der Waals surface area contributed by atoms with Gasteiger partial charge in [-0.25, -0.2) is 4.39 Å². The van der Waals surface area contributed by atoms with Crippen molar-refractivity contribution in [2.75, 3.05) is 0 Å². The Bertz CT molecular complexity index is 395. The number of hydrazine groups is 1. The zero-order valence-electron chi connectivity index (χ0n) is 9.40. The van der Waals surface area contributed by atoms with Crippen LogP contribution in [0.5, 0.6) is 0 Å². The fourth-order valence-electron chi connectivity index (χ4n) is 1.53. The van der Waals surface area contributed by atoms with Crippen LogP contribution in [0.2, 0.25) is 0 Å². The average Bonchev–Trinajstić information content (AvgIpc) is 2.28. The summed E-state index contributed by atoms with van der Waals surface area (Å²) < 4.78 is 49.5. The molecule has 1 atom stereocenters. The lowest BCUT2D eigenvalue weighted by molar-refractivity contribution is -0.136. The molecule has 0 saturated heterocycles. The smallest absolute Gasteiger partial charge is 0.271 e. The fraction of sp³-hybridized carbons (Fsp3) is 0.455. The predicted octanol–water partition coefficient (Wildman–Crippen LogP) is 3.31. The second-order valence-corrected chi connectivity index (χ2v) is 4.82. The summed E-state index contributed by atoms with van der Waals surface area (Å²) >= 11 is 3.02. The van der Waals surface area contributed by atoms with E-state index in [0.29, 0.717) is 12.0 Å². The molecule has 0 radical (unpaired) electrons. The van der Waals surface area contributed by atoms with Gasteiger partial charge in [0.05, 0.1) is 4.47 Å². The molecule has 7 heteroatoms. The molecule has 0 fully saturated rings. The molecule has 0 bridgehead atoms. The quantitative estimate of drug-likeness (QED) is 0.494. The molecular formula is C11H13BrF4N2. The minimum absolute atomic E-state index is 0.116. The molecule has 0 aliphatic carbocycles. The molecule has 3 N–H and O–H groups in total. The molecule has 0 heterocycles. The molecule has 0 aromatic heterocycles. The highest BCUT2D eigenvalue weighted by Gasteiger charge is 2.28. The second kappa shape index (κ2) is 6.49. The van der Waals surface area contributed by atoms with E-state index in [9.17, 15) is 17.6 Å². The summed E-state index contributed by atoms with van der Waals surface area (Å²) in [6.07, 6.45) is -4.90. The summed E-state index contributed by atoms with van der Waals surface area (Å²) in [6, 6.07) is 3.83. The first-order valence-corrected chi connectivity index (χ1v) is 6.08. The van der Waals surface area contributed by atoms with Gasteiger partial charge in [0.1, 0.15) is 5.82 Å². The Morgan fingerprint density at radius 3 is 2.50 bits per heavy atom. The number of rotatable bonds is 5. The van der Waals surface area contributed by atoms with Gasteiger partial charge in [0.15, 0.2) is 0 Å². The summed E-state index contributed by atoms with van der Waals surface area (Å²) in [5, 5.41) is 0. The van der Waals surface area contributed by atoms with Crippen molar-refractivity contribution in [3.63, 3.8) is 0 Å². The number of hydrogen-bond donors (Lipinski definition) is 2. The third kappa shape index (κ3) is 5.32. The molecular weight excluding hydrogens is 316 g/mol. The van der Waals surface area contributed by atoms with Gasteiger partial charge in [-0.3, -0.25) is 11.3 Å². The maximum Gasteiger partial charge on any atom is 0.389 e. The zero-order valence-corrected chi connectivity index (χ0v) is 11.0. The summed E-state index contributed by atoms with van der Waals surface area (Å²) in [5.41, 5.74) is 3.06. The van der Waals surface area contributed by atoms with E-state index in [4.69, 9.17) is 5.84 Å². The van der Waals surface area contributed by atoms with Gasteiger partial charge >= 0.3 is 6.18 Å². The van der Waals surface area contributed by atoms with Crippen molar-refractivity contribution in [1.29, 1.82) is 0 Å². The molecule has 0 aliphatic rings. The third-order valence-corrected chi connectivity index (χ3v) is 3.09. The van der Waals surface area contributed by atoms with Crippen LogP contribution in [0.25, 0.3) is 0 Å². The third-order valence-electron chi connectivity index (χ3n) is 2.48. The van der Waals surface area contributed by atoms with E-state index in [1.807, 2.05) is 0 Å². The topological polar surface area (TPSA) is 38.0 Å². The molecule has 2 nitrogen and oxygen atoms in total. The van der Waals surface area contributed by atoms with Gasteiger partial charge in [0, 0.05) is 12.5 Å². The van der Waals surface area contributed by atoms with Gasteiger partial charge in [-0.1, -0.05) is 6.07 Å². The van der Waals surface area contributed by atoms with Crippen molar-refractivity contribution in [2.45, 2.75) is 31.5 Å². The van der Waals surface area contributed by atoms with E-state index in [1.165, 1.54) is 18.2 Å². The summed E-state index contributed by atoms with van der Waals surface area (Å²) in [4.78, 5) is 0. The normalized spacial score (nSPS) is 13.7. The monoisotopic (exact) mass is 328 g/mol. The standard InChI is InChI=1S/C11H13BrF4N2/c12-9-6-7(1-2-10(9)13)5-8(18-17)3-4-11(14,15)16/h1-2,6,8,18H,3-5,17H2. The van der Waals surface area contributed by atoms with E-state index in [-0.39, 0.29) is 10.9 Å². The first-order valence-electron chi connectivity index (χ1n) is 5.28. The van der Waals surface area contributed by atoms with Crippen LogP contribution in [0, 0.1) is 5.82 Å². The van der Waals surface area contributed by atoms with E-state index >= 15 is 0 Å². The Labute approximate surface area is 111 Å². The van der Waals surface area contributed by atoms with E-state index in [2.05, 4.69) is 21.4 Å². The summed E-state index contributed by atoms with van der Waals surface area (Å²) in [5.74, 6) is 4.80. The first kappa shape index (κ1) is 15.4. The Hall–Kier alpha value is -0.660. The van der Waals surface area contributed by atoms with Crippen LogP contribution in [0.1, 0.15) is 18.4 Å². The van der Waals surface area contributed by atoms with Gasteiger partial charge in [-0.2, -0.15) is 13.2 Å². The SMILES string of the molecule is NNC(CCC(F)(F)F)Cc1ccc(F)c(Br)c1.